The number of benzene rings is 1. The summed E-state index contributed by atoms with van der Waals surface area (Å²) in [7, 11) is -3.76. The first-order valence-corrected chi connectivity index (χ1v) is 11.4. The van der Waals surface area contributed by atoms with Crippen molar-refractivity contribution in [2.45, 2.75) is 16.5 Å². The average Bonchev–Trinajstić information content (AvgIpc) is 3.16. The van der Waals surface area contributed by atoms with Gasteiger partial charge in [-0.25, -0.2) is 18.4 Å². The monoisotopic (exact) mass is 452 g/mol. The number of halogens is 1. The molecule has 4 rings (SSSR count). The molecule has 3 aromatic rings. The number of morpholine rings is 1. The molecule has 0 atom stereocenters. The van der Waals surface area contributed by atoms with Crippen LogP contribution in [0.25, 0.3) is 0 Å². The second kappa shape index (κ2) is 8.67. The molecule has 0 saturated carbocycles. The number of nitrogens with zero attached hydrogens (tertiary/aromatic N) is 5. The van der Waals surface area contributed by atoms with Gasteiger partial charge in [0.2, 0.25) is 15.0 Å². The maximum Gasteiger partial charge on any atom is 0.225 e. The molecule has 1 saturated heterocycles. The van der Waals surface area contributed by atoms with Gasteiger partial charge in [-0.2, -0.15) is 0 Å². The largest absolute Gasteiger partial charge is 0.379 e. The zero-order chi connectivity index (χ0) is 20.3. The number of anilines is 2. The predicted molar refractivity (Wildman–Crippen MR) is 108 cm³/mol. The topological polar surface area (TPSA) is 110 Å². The average molecular weight is 453 g/mol. The van der Waals surface area contributed by atoms with Crippen molar-refractivity contribution in [3.63, 3.8) is 0 Å². The lowest BCUT2D eigenvalue weighted by atomic mass is 10.4. The number of sulfone groups is 1. The van der Waals surface area contributed by atoms with E-state index in [-0.39, 0.29) is 9.92 Å². The van der Waals surface area contributed by atoms with Crippen molar-refractivity contribution in [3.05, 3.63) is 46.7 Å². The van der Waals surface area contributed by atoms with E-state index in [9.17, 15) is 8.42 Å². The highest BCUT2D eigenvalue weighted by Gasteiger charge is 2.20. The number of nitrogens with one attached hydrogen (secondary N) is 1. The smallest absolute Gasteiger partial charge is 0.225 e. The third-order valence-electron chi connectivity index (χ3n) is 4.19. The van der Waals surface area contributed by atoms with E-state index in [0.29, 0.717) is 22.5 Å². The van der Waals surface area contributed by atoms with Crippen molar-refractivity contribution in [2.75, 3.05) is 31.6 Å². The van der Waals surface area contributed by atoms with Crippen LogP contribution in [0.4, 0.5) is 10.9 Å². The Morgan fingerprint density at radius 1 is 1.10 bits per heavy atom. The van der Waals surface area contributed by atoms with Crippen LogP contribution < -0.4 is 5.32 Å². The van der Waals surface area contributed by atoms with Crippen molar-refractivity contribution >= 4 is 43.7 Å². The highest BCUT2D eigenvalue weighted by molar-refractivity contribution is 7.91. The van der Waals surface area contributed by atoms with Crippen LogP contribution in [0.1, 0.15) is 5.01 Å². The molecule has 0 aliphatic carbocycles. The van der Waals surface area contributed by atoms with Crippen LogP contribution >= 0.6 is 22.9 Å². The minimum atomic E-state index is -3.76. The van der Waals surface area contributed by atoms with E-state index >= 15 is 0 Å². The second-order valence-electron chi connectivity index (χ2n) is 6.21. The Morgan fingerprint density at radius 2 is 1.86 bits per heavy atom. The van der Waals surface area contributed by atoms with Gasteiger partial charge in [0, 0.05) is 18.1 Å². The van der Waals surface area contributed by atoms with Crippen molar-refractivity contribution in [1.82, 2.24) is 25.1 Å². The van der Waals surface area contributed by atoms with E-state index in [2.05, 4.69) is 30.4 Å². The number of aromatic nitrogens is 4. The molecule has 12 heteroatoms. The van der Waals surface area contributed by atoms with Crippen LogP contribution in [0.2, 0.25) is 5.02 Å². The molecule has 0 spiro atoms. The van der Waals surface area contributed by atoms with E-state index in [1.807, 2.05) is 0 Å². The Hall–Kier alpha value is -2.18. The van der Waals surface area contributed by atoms with Gasteiger partial charge in [0.1, 0.15) is 5.01 Å². The minimum absolute atomic E-state index is 0.105. The lowest BCUT2D eigenvalue weighted by Crippen LogP contribution is -2.35. The lowest BCUT2D eigenvalue weighted by Gasteiger charge is -2.25. The Kier molecular flexibility index (Phi) is 6.01. The maximum absolute atomic E-state index is 12.6. The first-order chi connectivity index (χ1) is 14.0. The number of ether oxygens (including phenoxy) is 1. The highest BCUT2D eigenvalue weighted by atomic mass is 35.5. The molecular weight excluding hydrogens is 436 g/mol. The minimum Gasteiger partial charge on any atom is -0.379 e. The van der Waals surface area contributed by atoms with Gasteiger partial charge in [0.15, 0.2) is 10.8 Å². The quantitative estimate of drug-likeness (QED) is 0.602. The SMILES string of the molecule is O=S(=O)(c1ccc(Cl)cc1)c1cnc(Nc2nnc(CN3CCOCC3)s2)cn1. The van der Waals surface area contributed by atoms with E-state index in [1.165, 1.54) is 48.0 Å². The molecule has 2 aromatic heterocycles. The van der Waals surface area contributed by atoms with Gasteiger partial charge in [-0.15, -0.1) is 10.2 Å². The van der Waals surface area contributed by atoms with Crippen LogP contribution in [-0.4, -0.2) is 59.8 Å². The van der Waals surface area contributed by atoms with Gasteiger partial charge < -0.3 is 10.1 Å². The maximum atomic E-state index is 12.6. The summed E-state index contributed by atoms with van der Waals surface area (Å²) in [5.41, 5.74) is 0. The fourth-order valence-corrected chi connectivity index (χ4v) is 4.72. The summed E-state index contributed by atoms with van der Waals surface area (Å²) in [5, 5.41) is 13.0. The molecule has 0 amide bonds. The Balaban J connectivity index is 1.42. The van der Waals surface area contributed by atoms with Crippen LogP contribution in [0.3, 0.4) is 0 Å². The third-order valence-corrected chi connectivity index (χ3v) is 6.92. The molecule has 3 heterocycles. The van der Waals surface area contributed by atoms with Crippen LogP contribution in [0.5, 0.6) is 0 Å². The van der Waals surface area contributed by atoms with E-state index in [1.54, 1.807) is 0 Å². The summed E-state index contributed by atoms with van der Waals surface area (Å²) in [6.07, 6.45) is 2.56. The van der Waals surface area contributed by atoms with E-state index < -0.39 is 9.84 Å². The van der Waals surface area contributed by atoms with Crippen molar-refractivity contribution < 1.29 is 13.2 Å². The summed E-state index contributed by atoms with van der Waals surface area (Å²) < 4.78 is 30.6. The predicted octanol–water partition coefficient (Wildman–Crippen LogP) is 2.39. The van der Waals surface area contributed by atoms with Crippen LogP contribution in [-0.2, 0) is 21.1 Å². The molecule has 0 bridgehead atoms. The van der Waals surface area contributed by atoms with Gasteiger partial charge in [0.05, 0.1) is 37.0 Å². The summed E-state index contributed by atoms with van der Waals surface area (Å²) in [4.78, 5) is 10.5. The van der Waals surface area contributed by atoms with Crippen molar-refractivity contribution in [1.29, 1.82) is 0 Å². The van der Waals surface area contributed by atoms with Gasteiger partial charge in [0.25, 0.3) is 0 Å². The second-order valence-corrected chi connectivity index (χ2v) is 9.61. The fourth-order valence-electron chi connectivity index (χ4n) is 2.68. The Bertz CT molecular complexity index is 1070. The molecule has 9 nitrogen and oxygen atoms in total. The molecule has 1 aliphatic rings. The number of hydrogen-bond acceptors (Lipinski definition) is 10. The van der Waals surface area contributed by atoms with Crippen LogP contribution in [0, 0.1) is 0 Å². The zero-order valence-electron chi connectivity index (χ0n) is 15.2. The third kappa shape index (κ3) is 4.87. The molecule has 0 unspecified atom stereocenters. The summed E-state index contributed by atoms with van der Waals surface area (Å²) in [6.45, 7) is 3.91. The van der Waals surface area contributed by atoms with E-state index in [0.717, 1.165) is 31.3 Å². The lowest BCUT2D eigenvalue weighted by molar-refractivity contribution is 0.0341. The molecule has 1 fully saturated rings. The highest BCUT2D eigenvalue weighted by Crippen LogP contribution is 2.23. The molecule has 1 aliphatic heterocycles. The van der Waals surface area contributed by atoms with Crippen LogP contribution in [0.15, 0.2) is 46.6 Å². The molecule has 0 radical (unpaired) electrons. The van der Waals surface area contributed by atoms with Gasteiger partial charge in [-0.05, 0) is 24.3 Å². The Labute approximate surface area is 176 Å². The van der Waals surface area contributed by atoms with Crippen molar-refractivity contribution in [3.8, 4) is 0 Å². The fraction of sp³-hybridized carbons (Fsp3) is 0.294. The molecule has 29 heavy (non-hydrogen) atoms. The van der Waals surface area contributed by atoms with Gasteiger partial charge >= 0.3 is 0 Å². The van der Waals surface area contributed by atoms with E-state index in [4.69, 9.17) is 16.3 Å². The number of hydrogen-bond donors (Lipinski definition) is 1. The summed E-state index contributed by atoms with van der Waals surface area (Å²) in [5.74, 6) is 0.383. The van der Waals surface area contributed by atoms with Crippen molar-refractivity contribution in [2.24, 2.45) is 0 Å². The number of rotatable bonds is 6. The summed E-state index contributed by atoms with van der Waals surface area (Å²) >= 11 is 7.23. The summed E-state index contributed by atoms with van der Waals surface area (Å²) in [6, 6.07) is 5.90. The zero-order valence-corrected chi connectivity index (χ0v) is 17.5. The molecular formula is C17H17ClN6O3S2. The standard InChI is InChI=1S/C17H17ClN6O3S2/c18-12-1-3-13(4-2-12)29(25,26)16-10-19-14(9-20-16)21-17-23-22-15(28-17)11-24-5-7-27-8-6-24/h1-4,9-10H,5-8,11H2,(H,19,21,23). The normalized spacial score (nSPS) is 15.3. The molecule has 152 valence electrons. The molecule has 1 N–H and O–H groups in total. The van der Waals surface area contributed by atoms with Gasteiger partial charge in [-0.3, -0.25) is 4.90 Å². The first-order valence-electron chi connectivity index (χ1n) is 8.73. The Morgan fingerprint density at radius 3 is 2.55 bits per heavy atom. The van der Waals surface area contributed by atoms with Gasteiger partial charge in [-0.1, -0.05) is 22.9 Å². The molecule has 1 aromatic carbocycles. The first kappa shape index (κ1) is 20.1.